The second-order valence-corrected chi connectivity index (χ2v) is 3.64. The second kappa shape index (κ2) is 7.94. The maximum Gasteiger partial charge on any atom is 0.0510 e. The van der Waals surface area contributed by atoms with Gasteiger partial charge < -0.3 is 4.57 Å². The van der Waals surface area contributed by atoms with Crippen molar-refractivity contribution in [3.05, 3.63) is 35.5 Å². The van der Waals surface area contributed by atoms with Gasteiger partial charge in [0.1, 0.15) is 0 Å². The first-order chi connectivity index (χ1) is 8.22. The van der Waals surface area contributed by atoms with E-state index < -0.39 is 0 Å². The minimum absolute atomic E-state index is 1.11. The molecule has 0 aliphatic heterocycles. The number of nitrogens with zero attached hydrogens (tertiary/aromatic N) is 1. The molecule has 0 atom stereocenters. The fourth-order valence-corrected chi connectivity index (χ4v) is 1.98. The molecule has 96 valence electrons. The average molecular weight is 233 g/mol. The Morgan fingerprint density at radius 2 is 1.65 bits per heavy atom. The maximum absolute atomic E-state index is 2.28. The van der Waals surface area contributed by atoms with Crippen molar-refractivity contribution < 1.29 is 0 Å². The zero-order valence-corrected chi connectivity index (χ0v) is 12.5. The van der Waals surface area contributed by atoms with E-state index in [-0.39, 0.29) is 0 Å². The summed E-state index contributed by atoms with van der Waals surface area (Å²) < 4.78 is 2.20. The van der Waals surface area contributed by atoms with Crippen LogP contribution < -0.4 is 0 Å². The molecule has 1 aromatic carbocycles. The summed E-state index contributed by atoms with van der Waals surface area (Å²) in [6.07, 6.45) is 3.24. The molecule has 0 radical (unpaired) electrons. The van der Waals surface area contributed by atoms with Gasteiger partial charge in [-0.3, -0.25) is 0 Å². The van der Waals surface area contributed by atoms with E-state index in [2.05, 4.69) is 49.9 Å². The molecule has 0 spiro atoms. The minimum atomic E-state index is 1.11. The predicted molar refractivity (Wildman–Crippen MR) is 79.7 cm³/mol. The lowest BCUT2D eigenvalue weighted by molar-refractivity contribution is 0.954. The van der Waals surface area contributed by atoms with Gasteiger partial charge in [0, 0.05) is 18.6 Å². The molecular formula is C16H27N. The molecular weight excluding hydrogens is 206 g/mol. The van der Waals surface area contributed by atoms with E-state index in [0.717, 1.165) is 6.42 Å². The van der Waals surface area contributed by atoms with E-state index >= 15 is 0 Å². The van der Waals surface area contributed by atoms with E-state index in [9.17, 15) is 0 Å². The van der Waals surface area contributed by atoms with Crippen LogP contribution in [0.2, 0.25) is 0 Å². The molecule has 1 heteroatoms. The SMILES string of the molecule is CC.CC.CCc1cc(C)cc2ccn(C)c12. The molecule has 0 fully saturated rings. The van der Waals surface area contributed by atoms with Gasteiger partial charge in [-0.25, -0.2) is 0 Å². The molecule has 1 aromatic heterocycles. The van der Waals surface area contributed by atoms with Gasteiger partial charge in [-0.05, 0) is 31.0 Å². The molecule has 0 bridgehead atoms. The van der Waals surface area contributed by atoms with Gasteiger partial charge in [0.05, 0.1) is 5.52 Å². The fourth-order valence-electron chi connectivity index (χ4n) is 1.98. The number of aryl methyl sites for hydroxylation is 3. The van der Waals surface area contributed by atoms with Crippen LogP contribution in [0.15, 0.2) is 24.4 Å². The van der Waals surface area contributed by atoms with Crippen LogP contribution in [0.4, 0.5) is 0 Å². The Morgan fingerprint density at radius 1 is 1.06 bits per heavy atom. The normalized spacial score (nSPS) is 9.12. The molecule has 0 aliphatic rings. The maximum atomic E-state index is 2.28. The van der Waals surface area contributed by atoms with Gasteiger partial charge in [-0.2, -0.15) is 0 Å². The molecule has 0 N–H and O–H groups in total. The van der Waals surface area contributed by atoms with Crippen molar-refractivity contribution in [2.75, 3.05) is 0 Å². The summed E-state index contributed by atoms with van der Waals surface area (Å²) in [5.74, 6) is 0. The van der Waals surface area contributed by atoms with Crippen LogP contribution in [0.3, 0.4) is 0 Å². The highest BCUT2D eigenvalue weighted by Crippen LogP contribution is 2.21. The largest absolute Gasteiger partial charge is 0.350 e. The molecule has 0 saturated carbocycles. The summed E-state index contributed by atoms with van der Waals surface area (Å²) in [6, 6.07) is 6.71. The second-order valence-electron chi connectivity index (χ2n) is 3.64. The molecule has 0 saturated heterocycles. The Hall–Kier alpha value is -1.24. The van der Waals surface area contributed by atoms with E-state index in [1.807, 2.05) is 27.7 Å². The highest BCUT2D eigenvalue weighted by atomic mass is 14.9. The zero-order valence-electron chi connectivity index (χ0n) is 12.5. The minimum Gasteiger partial charge on any atom is -0.350 e. The van der Waals surface area contributed by atoms with Gasteiger partial charge in [0.25, 0.3) is 0 Å². The number of rotatable bonds is 1. The Bertz CT molecular complexity index is 438. The number of aromatic nitrogens is 1. The van der Waals surface area contributed by atoms with Gasteiger partial charge in [0.2, 0.25) is 0 Å². The van der Waals surface area contributed by atoms with Crippen LogP contribution in [0.25, 0.3) is 10.9 Å². The third-order valence-electron chi connectivity index (χ3n) is 2.57. The van der Waals surface area contributed by atoms with Crippen molar-refractivity contribution >= 4 is 10.9 Å². The lowest BCUT2D eigenvalue weighted by Crippen LogP contribution is -1.91. The van der Waals surface area contributed by atoms with Crippen LogP contribution in [0.5, 0.6) is 0 Å². The first-order valence-corrected chi connectivity index (χ1v) is 6.77. The Balaban J connectivity index is 0.000000581. The van der Waals surface area contributed by atoms with Crippen LogP contribution in [-0.2, 0) is 13.5 Å². The van der Waals surface area contributed by atoms with Crippen molar-refractivity contribution in [1.82, 2.24) is 4.57 Å². The lowest BCUT2D eigenvalue weighted by atomic mass is 10.1. The van der Waals surface area contributed by atoms with Crippen molar-refractivity contribution in [2.45, 2.75) is 48.0 Å². The summed E-state index contributed by atoms with van der Waals surface area (Å²) in [5, 5.41) is 1.36. The molecule has 17 heavy (non-hydrogen) atoms. The van der Waals surface area contributed by atoms with Crippen molar-refractivity contribution in [1.29, 1.82) is 0 Å². The topological polar surface area (TPSA) is 4.93 Å². The molecule has 0 amide bonds. The van der Waals surface area contributed by atoms with Crippen LogP contribution in [0, 0.1) is 6.92 Å². The van der Waals surface area contributed by atoms with Crippen molar-refractivity contribution in [3.63, 3.8) is 0 Å². The van der Waals surface area contributed by atoms with E-state index in [1.165, 1.54) is 22.0 Å². The summed E-state index contributed by atoms with van der Waals surface area (Å²) in [7, 11) is 2.11. The highest BCUT2D eigenvalue weighted by Gasteiger charge is 2.03. The van der Waals surface area contributed by atoms with Crippen LogP contribution in [0.1, 0.15) is 45.7 Å². The third kappa shape index (κ3) is 3.62. The van der Waals surface area contributed by atoms with Crippen LogP contribution >= 0.6 is 0 Å². The number of hydrogen-bond acceptors (Lipinski definition) is 0. The molecule has 2 aromatic rings. The standard InChI is InChI=1S/C12H15N.2C2H6/c1-4-10-7-9(2)8-11-5-6-13(3)12(10)11;2*1-2/h5-8H,4H2,1-3H3;2*1-2H3. The first kappa shape index (κ1) is 15.8. The van der Waals surface area contributed by atoms with Gasteiger partial charge >= 0.3 is 0 Å². The monoisotopic (exact) mass is 233 g/mol. The van der Waals surface area contributed by atoms with Gasteiger partial charge in [-0.1, -0.05) is 46.2 Å². The Kier molecular flexibility index (Phi) is 7.36. The average Bonchev–Trinajstić information content (AvgIpc) is 2.75. The summed E-state index contributed by atoms with van der Waals surface area (Å²) >= 11 is 0. The highest BCUT2D eigenvalue weighted by molar-refractivity contribution is 5.84. The third-order valence-corrected chi connectivity index (χ3v) is 2.57. The zero-order chi connectivity index (χ0) is 13.4. The Morgan fingerprint density at radius 3 is 2.18 bits per heavy atom. The van der Waals surface area contributed by atoms with E-state index in [4.69, 9.17) is 0 Å². The summed E-state index contributed by atoms with van der Waals surface area (Å²) in [5.41, 5.74) is 4.19. The Labute approximate surface area is 106 Å². The van der Waals surface area contributed by atoms with Gasteiger partial charge in [0.15, 0.2) is 0 Å². The van der Waals surface area contributed by atoms with Crippen molar-refractivity contribution in [3.8, 4) is 0 Å². The number of fused-ring (bicyclic) bond motifs is 1. The molecule has 2 rings (SSSR count). The number of hydrogen-bond donors (Lipinski definition) is 0. The molecule has 0 aliphatic carbocycles. The smallest absolute Gasteiger partial charge is 0.0510 e. The summed E-state index contributed by atoms with van der Waals surface area (Å²) in [6.45, 7) is 12.4. The van der Waals surface area contributed by atoms with Crippen LogP contribution in [-0.4, -0.2) is 4.57 Å². The van der Waals surface area contributed by atoms with E-state index in [1.54, 1.807) is 0 Å². The first-order valence-electron chi connectivity index (χ1n) is 6.77. The molecule has 1 heterocycles. The van der Waals surface area contributed by atoms with E-state index in [0.29, 0.717) is 0 Å². The summed E-state index contributed by atoms with van der Waals surface area (Å²) in [4.78, 5) is 0. The predicted octanol–water partition coefficient (Wildman–Crippen LogP) is 5.10. The van der Waals surface area contributed by atoms with Crippen molar-refractivity contribution in [2.24, 2.45) is 7.05 Å². The number of benzene rings is 1. The fraction of sp³-hybridized carbons (Fsp3) is 0.500. The molecule has 1 nitrogen and oxygen atoms in total. The molecule has 0 unspecified atom stereocenters. The van der Waals surface area contributed by atoms with Gasteiger partial charge in [-0.15, -0.1) is 0 Å². The quantitative estimate of drug-likeness (QED) is 0.645. The lowest BCUT2D eigenvalue weighted by Gasteiger charge is -2.05.